The van der Waals surface area contributed by atoms with Crippen LogP contribution in [0.15, 0.2) is 0 Å². The Kier molecular flexibility index (Phi) is 38.2. The van der Waals surface area contributed by atoms with Crippen molar-refractivity contribution in [3.05, 3.63) is 0 Å². The third-order valence-electron chi connectivity index (χ3n) is 13.7. The van der Waals surface area contributed by atoms with Crippen LogP contribution in [0.5, 0.6) is 0 Å². The fourth-order valence-electron chi connectivity index (χ4n) is 8.25. The highest BCUT2D eigenvalue weighted by Gasteiger charge is 2.38. The van der Waals surface area contributed by atoms with Gasteiger partial charge in [-0.15, -0.1) is 0 Å². The summed E-state index contributed by atoms with van der Waals surface area (Å²) in [4.78, 5) is 184. The van der Waals surface area contributed by atoms with Crippen LogP contribution in [-0.4, -0.2) is 195 Å². The highest BCUT2D eigenvalue weighted by molar-refractivity contribution is 7.98. The number of guanidine groups is 1. The minimum Gasteiger partial charge on any atom is -0.481 e. The first-order valence-electron chi connectivity index (χ1n) is 28.7. The van der Waals surface area contributed by atoms with Crippen molar-refractivity contribution in [2.45, 2.75) is 198 Å². The fraction of sp³-hybridized carbons (Fsp3) is 0.717. The van der Waals surface area contributed by atoms with E-state index in [2.05, 4.69) is 53.2 Å². The van der Waals surface area contributed by atoms with Crippen LogP contribution < -0.4 is 76.1 Å². The standard InChI is InChI=1S/C53H93N15O18S/c1-8-27(5)41(56)50(83)63-32(19-22-87-7)46(79)60-30(14-12-21-59-53(57)58)44(77)66-36(25-40(74)75)49(82)68-42(28(6)9-2)51(84)67-35(24-37(55)69)48(81)61-29(13-10-11-20-54)43(76)65-34(23-26(3)4)47(80)62-31(15-17-38(70)71)45(78)64-33(52(85)86)16-18-39(72)73/h26-36,41-42H,8-25,54,56H2,1-7H3,(H2,55,69)(H,60,79)(H,61,81)(H,62,80)(H,63,83)(H,64,78)(H,65,76)(H,66,77)(H,67,84)(H,68,82)(H,70,71)(H,72,73)(H,74,75)(H,85,86)(H4,57,58,59)/t27-,28-,29-,30-,31-,32-,33-,34-,35-,36-,41-,42-/m0/s1. The number of amides is 10. The summed E-state index contributed by atoms with van der Waals surface area (Å²) in [5.41, 5.74) is 22.8. The Morgan fingerprint density at radius 3 is 1.32 bits per heavy atom. The van der Waals surface area contributed by atoms with Gasteiger partial charge in [-0.2, -0.15) is 11.8 Å². The number of thioether (sulfide) groups is 1. The number of carboxylic acids is 4. The molecule has 0 saturated heterocycles. The number of rotatable bonds is 46. The number of hydrogen-bond acceptors (Lipinski definition) is 18. The molecule has 0 fully saturated rings. The van der Waals surface area contributed by atoms with Gasteiger partial charge < -0.3 is 96.5 Å². The van der Waals surface area contributed by atoms with Crippen LogP contribution in [0.25, 0.3) is 0 Å². The van der Waals surface area contributed by atoms with E-state index in [0.29, 0.717) is 18.6 Å². The second-order valence-electron chi connectivity index (χ2n) is 21.4. The molecule has 23 N–H and O–H groups in total. The minimum atomic E-state index is -1.93. The number of nitrogens with one attached hydrogen (secondary N) is 11. The monoisotopic (exact) mass is 1260 g/mol. The van der Waals surface area contributed by atoms with E-state index in [-0.39, 0.29) is 69.9 Å². The molecule has 33 nitrogen and oxygen atoms in total. The number of nitrogens with two attached hydrogens (primary N) is 4. The first-order chi connectivity index (χ1) is 40.7. The topological polar surface area (TPSA) is 568 Å². The van der Waals surface area contributed by atoms with Crippen LogP contribution in [0.4, 0.5) is 0 Å². The molecular formula is C53H93N15O18S. The van der Waals surface area contributed by atoms with Gasteiger partial charge in [-0.3, -0.25) is 67.7 Å². The van der Waals surface area contributed by atoms with Gasteiger partial charge in [0.05, 0.1) is 18.9 Å². The molecule has 0 bridgehead atoms. The third-order valence-corrected chi connectivity index (χ3v) is 14.4. The van der Waals surface area contributed by atoms with Gasteiger partial charge in [0.2, 0.25) is 59.1 Å². The van der Waals surface area contributed by atoms with Gasteiger partial charge in [0.15, 0.2) is 5.96 Å². The van der Waals surface area contributed by atoms with Gasteiger partial charge in [-0.1, -0.05) is 54.4 Å². The summed E-state index contributed by atoms with van der Waals surface area (Å²) < 4.78 is 0. The number of carbonyl (C=O) groups is 14. The largest absolute Gasteiger partial charge is 0.481 e. The Labute approximate surface area is 509 Å². The lowest BCUT2D eigenvalue weighted by molar-refractivity contribution is -0.144. The average Bonchev–Trinajstić information content (AvgIpc) is 3.65. The molecule has 0 saturated carbocycles. The first-order valence-corrected chi connectivity index (χ1v) is 30.0. The number of primary amides is 1. The quantitative estimate of drug-likeness (QED) is 0.0157. The summed E-state index contributed by atoms with van der Waals surface area (Å²) in [6, 6.07) is -15.6. The Balaban J connectivity index is 7.03. The highest BCUT2D eigenvalue weighted by atomic mass is 32.2. The molecule has 0 aromatic heterocycles. The maximum absolute atomic E-state index is 14.3. The lowest BCUT2D eigenvalue weighted by Crippen LogP contribution is -2.62. The Morgan fingerprint density at radius 2 is 0.874 bits per heavy atom. The van der Waals surface area contributed by atoms with Gasteiger partial charge >= 0.3 is 23.9 Å². The number of carbonyl (C=O) groups excluding carboxylic acids is 10. The van der Waals surface area contributed by atoms with Gasteiger partial charge in [0.25, 0.3) is 0 Å². The van der Waals surface area contributed by atoms with E-state index in [1.54, 1.807) is 34.0 Å². The van der Waals surface area contributed by atoms with E-state index in [9.17, 15) is 82.4 Å². The lowest BCUT2D eigenvalue weighted by atomic mass is 9.96. The molecule has 0 aliphatic heterocycles. The zero-order valence-electron chi connectivity index (χ0n) is 50.5. The van der Waals surface area contributed by atoms with Crippen LogP contribution in [0.1, 0.15) is 138 Å². The molecule has 0 aliphatic carbocycles. The van der Waals surface area contributed by atoms with Crippen molar-refractivity contribution in [2.24, 2.45) is 40.7 Å². The van der Waals surface area contributed by atoms with Crippen LogP contribution in [-0.2, 0) is 67.1 Å². The van der Waals surface area contributed by atoms with Crippen molar-refractivity contribution in [1.82, 2.24) is 53.2 Å². The molecule has 0 unspecified atom stereocenters. The van der Waals surface area contributed by atoms with Crippen LogP contribution >= 0.6 is 11.8 Å². The maximum atomic E-state index is 14.3. The molecule has 10 amide bonds. The molecule has 494 valence electrons. The van der Waals surface area contributed by atoms with Crippen LogP contribution in [0.2, 0.25) is 0 Å². The van der Waals surface area contributed by atoms with Gasteiger partial charge in [0, 0.05) is 19.4 Å². The molecule has 0 aliphatic rings. The van der Waals surface area contributed by atoms with E-state index >= 15 is 0 Å². The van der Waals surface area contributed by atoms with Gasteiger partial charge in [-0.25, -0.2) is 4.79 Å². The van der Waals surface area contributed by atoms with Crippen molar-refractivity contribution in [2.75, 3.05) is 25.1 Å². The summed E-state index contributed by atoms with van der Waals surface area (Å²) in [5, 5.41) is 69.7. The SMILES string of the molecule is CC[C@H](C)[C@H](N)C(=O)N[C@@H](CCSC)C(=O)N[C@@H](CCCNC(=N)N)C(=O)N[C@@H](CC(=O)O)C(=O)N[C@H](C(=O)N[C@@H](CC(N)=O)C(=O)N[C@@H](CCCCN)C(=O)N[C@@H](CC(C)C)C(=O)N[C@@H](CCC(=O)O)C(=O)N[C@@H](CCC(=O)O)C(=O)O)[C@@H](C)CC. The second-order valence-corrected chi connectivity index (χ2v) is 22.4. The Hall–Kier alpha value is -7.88. The van der Waals surface area contributed by atoms with Crippen molar-refractivity contribution >= 4 is 101 Å². The number of unbranched alkanes of at least 4 members (excludes halogenated alkanes) is 1. The predicted octanol–water partition coefficient (Wildman–Crippen LogP) is -3.88. The normalized spacial score (nSPS) is 15.2. The molecule has 87 heavy (non-hydrogen) atoms. The summed E-state index contributed by atoms with van der Waals surface area (Å²) in [6.45, 7) is 10.2. The van der Waals surface area contributed by atoms with Crippen LogP contribution in [0, 0.1) is 23.2 Å². The smallest absolute Gasteiger partial charge is 0.326 e. The Bertz CT molecular complexity index is 2370. The second kappa shape index (κ2) is 42.0. The summed E-state index contributed by atoms with van der Waals surface area (Å²) in [7, 11) is 0. The van der Waals surface area contributed by atoms with Gasteiger partial charge in [-0.05, 0) is 94.1 Å². The Morgan fingerprint density at radius 1 is 0.471 bits per heavy atom. The highest BCUT2D eigenvalue weighted by Crippen LogP contribution is 2.14. The molecule has 0 rings (SSSR count). The van der Waals surface area contributed by atoms with Gasteiger partial charge in [0.1, 0.15) is 54.4 Å². The van der Waals surface area contributed by atoms with E-state index in [1.807, 2.05) is 6.92 Å². The zero-order valence-corrected chi connectivity index (χ0v) is 51.3. The zero-order chi connectivity index (χ0) is 66.7. The maximum Gasteiger partial charge on any atom is 0.326 e. The van der Waals surface area contributed by atoms with Crippen LogP contribution in [0.3, 0.4) is 0 Å². The van der Waals surface area contributed by atoms with Crippen molar-refractivity contribution in [3.8, 4) is 0 Å². The molecule has 0 radical (unpaired) electrons. The lowest BCUT2D eigenvalue weighted by Gasteiger charge is -2.29. The summed E-state index contributed by atoms with van der Waals surface area (Å²) in [5.74, 6) is -17.8. The third kappa shape index (κ3) is 32.4. The van der Waals surface area contributed by atoms with Crippen molar-refractivity contribution in [3.63, 3.8) is 0 Å². The summed E-state index contributed by atoms with van der Waals surface area (Å²) in [6.07, 6.45) is -1.79. The predicted molar refractivity (Wildman–Crippen MR) is 316 cm³/mol. The van der Waals surface area contributed by atoms with Crippen molar-refractivity contribution < 1.29 is 87.5 Å². The number of aliphatic carboxylic acids is 4. The molecule has 34 heteroatoms. The minimum absolute atomic E-state index is 0.0357. The molecule has 0 spiro atoms. The van der Waals surface area contributed by atoms with E-state index in [4.69, 9.17) is 33.5 Å². The molecular weight excluding hydrogens is 1170 g/mol. The summed E-state index contributed by atoms with van der Waals surface area (Å²) >= 11 is 1.37. The number of carboxylic acid groups (broad SMARTS) is 4. The van der Waals surface area contributed by atoms with E-state index < -0.39 is 194 Å². The number of hydrogen-bond donors (Lipinski definition) is 19. The molecule has 12 atom stereocenters. The molecule has 0 heterocycles. The fourth-order valence-corrected chi connectivity index (χ4v) is 8.73. The van der Waals surface area contributed by atoms with Crippen molar-refractivity contribution in [1.29, 1.82) is 5.41 Å². The van der Waals surface area contributed by atoms with E-state index in [1.165, 1.54) is 18.7 Å². The first kappa shape index (κ1) is 79.1. The average molecular weight is 1260 g/mol. The molecule has 0 aromatic rings. The van der Waals surface area contributed by atoms with E-state index in [0.717, 1.165) is 0 Å². The molecule has 0 aromatic carbocycles.